The molecule has 106 valence electrons. The Labute approximate surface area is 124 Å². The Morgan fingerprint density at radius 2 is 1.90 bits per heavy atom. The Morgan fingerprint density at radius 1 is 1.15 bits per heavy atom. The zero-order valence-electron chi connectivity index (χ0n) is 11.7. The zero-order chi connectivity index (χ0) is 13.8. The van der Waals surface area contributed by atoms with Crippen molar-refractivity contribution in [3.63, 3.8) is 0 Å². The van der Waals surface area contributed by atoms with E-state index >= 15 is 0 Å². The number of nitrogens with zero attached hydrogens (tertiary/aromatic N) is 1. The molecule has 3 rings (SSSR count). The van der Waals surface area contributed by atoms with Gasteiger partial charge in [0.1, 0.15) is 0 Å². The van der Waals surface area contributed by atoms with Crippen LogP contribution in [0.25, 0.3) is 0 Å². The van der Waals surface area contributed by atoms with Crippen molar-refractivity contribution in [2.45, 2.75) is 13.0 Å². The van der Waals surface area contributed by atoms with E-state index in [1.54, 1.807) is 11.3 Å². The Balaban J connectivity index is 1.63. The van der Waals surface area contributed by atoms with Gasteiger partial charge in [0.25, 0.3) is 0 Å². The van der Waals surface area contributed by atoms with Crippen LogP contribution in [0.5, 0.6) is 0 Å². The van der Waals surface area contributed by atoms with Crippen LogP contribution < -0.4 is 10.2 Å². The summed E-state index contributed by atoms with van der Waals surface area (Å²) in [4.78, 5) is 3.73. The van der Waals surface area contributed by atoms with Gasteiger partial charge in [0, 0.05) is 29.3 Å². The van der Waals surface area contributed by atoms with Gasteiger partial charge in [0.2, 0.25) is 0 Å². The van der Waals surface area contributed by atoms with Crippen LogP contribution in [0.15, 0.2) is 41.8 Å². The number of nitrogens with one attached hydrogen (secondary N) is 1. The quantitative estimate of drug-likeness (QED) is 0.927. The third-order valence-corrected chi connectivity index (χ3v) is 4.65. The normalized spacial score (nSPS) is 16.9. The Hall–Kier alpha value is -1.52. The molecule has 0 spiro atoms. The number of benzene rings is 1. The average Bonchev–Trinajstić information content (AvgIpc) is 3.03. The number of hydrogen-bond acceptors (Lipinski definition) is 4. The summed E-state index contributed by atoms with van der Waals surface area (Å²) in [6.07, 6.45) is 0. The van der Waals surface area contributed by atoms with E-state index < -0.39 is 0 Å². The van der Waals surface area contributed by atoms with Gasteiger partial charge in [-0.25, -0.2) is 0 Å². The molecule has 1 aliphatic rings. The van der Waals surface area contributed by atoms with Gasteiger partial charge in [0.15, 0.2) is 0 Å². The first-order valence-corrected chi connectivity index (χ1v) is 7.93. The van der Waals surface area contributed by atoms with E-state index in [0.717, 1.165) is 26.3 Å². The Morgan fingerprint density at radius 3 is 2.55 bits per heavy atom. The minimum Gasteiger partial charge on any atom is -0.378 e. The Kier molecular flexibility index (Phi) is 4.23. The molecule has 0 radical (unpaired) electrons. The van der Waals surface area contributed by atoms with Crippen LogP contribution in [0.4, 0.5) is 11.4 Å². The molecule has 2 aromatic rings. The molecule has 0 saturated carbocycles. The van der Waals surface area contributed by atoms with Gasteiger partial charge >= 0.3 is 0 Å². The van der Waals surface area contributed by atoms with Crippen LogP contribution in [0.2, 0.25) is 0 Å². The van der Waals surface area contributed by atoms with Gasteiger partial charge in [-0.1, -0.05) is 6.07 Å². The molecule has 1 atom stereocenters. The molecular weight excluding hydrogens is 268 g/mol. The summed E-state index contributed by atoms with van der Waals surface area (Å²) in [6.45, 7) is 5.82. The number of ether oxygens (including phenoxy) is 1. The molecule has 20 heavy (non-hydrogen) atoms. The molecule has 0 amide bonds. The van der Waals surface area contributed by atoms with Gasteiger partial charge in [-0.3, -0.25) is 0 Å². The summed E-state index contributed by atoms with van der Waals surface area (Å²) in [7, 11) is 0. The second-order valence-corrected chi connectivity index (χ2v) is 6.01. The van der Waals surface area contributed by atoms with E-state index in [0.29, 0.717) is 6.04 Å². The van der Waals surface area contributed by atoms with Crippen LogP contribution >= 0.6 is 11.3 Å². The van der Waals surface area contributed by atoms with E-state index in [9.17, 15) is 0 Å². The molecule has 4 heteroatoms. The third-order valence-electron chi connectivity index (χ3n) is 3.60. The largest absolute Gasteiger partial charge is 0.378 e. The molecule has 1 saturated heterocycles. The molecular formula is C16H20N2OS. The number of thiophene rings is 1. The van der Waals surface area contributed by atoms with Crippen molar-refractivity contribution in [2.24, 2.45) is 0 Å². The first-order chi connectivity index (χ1) is 9.83. The van der Waals surface area contributed by atoms with Crippen LogP contribution in [0.3, 0.4) is 0 Å². The molecule has 1 fully saturated rings. The van der Waals surface area contributed by atoms with Gasteiger partial charge < -0.3 is 15.0 Å². The lowest BCUT2D eigenvalue weighted by Crippen LogP contribution is -2.36. The fourth-order valence-corrected chi connectivity index (χ4v) is 3.18. The minimum absolute atomic E-state index is 0.351. The van der Waals surface area contributed by atoms with Crippen LogP contribution in [-0.4, -0.2) is 26.3 Å². The standard InChI is InChI=1S/C16H20N2OS/c1-13(16-3-2-12-20-16)17-14-4-6-15(7-5-14)18-8-10-19-11-9-18/h2-7,12-13,17H,8-11H2,1H3. The number of anilines is 2. The zero-order valence-corrected chi connectivity index (χ0v) is 12.5. The van der Waals surface area contributed by atoms with Crippen molar-refractivity contribution in [3.8, 4) is 0 Å². The van der Waals surface area contributed by atoms with Crippen molar-refractivity contribution in [2.75, 3.05) is 36.5 Å². The molecule has 1 aromatic heterocycles. The summed E-state index contributed by atoms with van der Waals surface area (Å²) >= 11 is 1.79. The lowest BCUT2D eigenvalue weighted by atomic mass is 10.2. The topological polar surface area (TPSA) is 24.5 Å². The summed E-state index contributed by atoms with van der Waals surface area (Å²) < 4.78 is 5.39. The lowest BCUT2D eigenvalue weighted by Gasteiger charge is -2.29. The number of morpholine rings is 1. The highest BCUT2D eigenvalue weighted by Gasteiger charge is 2.11. The maximum Gasteiger partial charge on any atom is 0.0642 e. The smallest absolute Gasteiger partial charge is 0.0642 e. The molecule has 2 heterocycles. The molecule has 1 unspecified atom stereocenters. The molecule has 0 aliphatic carbocycles. The fourth-order valence-electron chi connectivity index (χ4n) is 2.45. The monoisotopic (exact) mass is 288 g/mol. The predicted molar refractivity (Wildman–Crippen MR) is 85.8 cm³/mol. The first kappa shape index (κ1) is 13.5. The Bertz CT molecular complexity index is 518. The van der Waals surface area contributed by atoms with Crippen molar-refractivity contribution in [1.82, 2.24) is 0 Å². The van der Waals surface area contributed by atoms with E-state index in [-0.39, 0.29) is 0 Å². The second-order valence-electron chi connectivity index (χ2n) is 5.03. The van der Waals surface area contributed by atoms with Crippen LogP contribution in [-0.2, 0) is 4.74 Å². The third kappa shape index (κ3) is 3.14. The van der Waals surface area contributed by atoms with Crippen molar-refractivity contribution in [3.05, 3.63) is 46.7 Å². The van der Waals surface area contributed by atoms with Crippen LogP contribution in [0.1, 0.15) is 17.8 Å². The van der Waals surface area contributed by atoms with Crippen molar-refractivity contribution < 1.29 is 4.74 Å². The molecule has 0 bridgehead atoms. The van der Waals surface area contributed by atoms with E-state index in [1.807, 2.05) is 0 Å². The second kappa shape index (κ2) is 6.29. The highest BCUT2D eigenvalue weighted by molar-refractivity contribution is 7.10. The van der Waals surface area contributed by atoms with Crippen molar-refractivity contribution >= 4 is 22.7 Å². The summed E-state index contributed by atoms with van der Waals surface area (Å²) in [5.41, 5.74) is 2.45. The predicted octanol–water partition coefficient (Wildman–Crippen LogP) is 3.76. The average molecular weight is 288 g/mol. The molecule has 1 N–H and O–H groups in total. The first-order valence-electron chi connectivity index (χ1n) is 7.05. The fraction of sp³-hybridized carbons (Fsp3) is 0.375. The van der Waals surface area contributed by atoms with Gasteiger partial charge in [-0.15, -0.1) is 11.3 Å². The maximum absolute atomic E-state index is 5.39. The van der Waals surface area contributed by atoms with Gasteiger partial charge in [-0.05, 0) is 42.6 Å². The van der Waals surface area contributed by atoms with Gasteiger partial charge in [0.05, 0.1) is 19.3 Å². The van der Waals surface area contributed by atoms with E-state index in [2.05, 4.69) is 58.9 Å². The number of hydrogen-bond donors (Lipinski definition) is 1. The summed E-state index contributed by atoms with van der Waals surface area (Å²) in [6, 6.07) is 13.3. The summed E-state index contributed by atoms with van der Waals surface area (Å²) in [5.74, 6) is 0. The number of rotatable bonds is 4. The molecule has 3 nitrogen and oxygen atoms in total. The summed E-state index contributed by atoms with van der Waals surface area (Å²) in [5, 5.41) is 5.66. The molecule has 1 aromatic carbocycles. The van der Waals surface area contributed by atoms with E-state index in [1.165, 1.54) is 16.3 Å². The lowest BCUT2D eigenvalue weighted by molar-refractivity contribution is 0.122. The van der Waals surface area contributed by atoms with Gasteiger partial charge in [-0.2, -0.15) is 0 Å². The maximum atomic E-state index is 5.39. The molecule has 1 aliphatic heterocycles. The SMILES string of the molecule is CC(Nc1ccc(N2CCOCC2)cc1)c1cccs1. The van der Waals surface area contributed by atoms with Crippen molar-refractivity contribution in [1.29, 1.82) is 0 Å². The highest BCUT2D eigenvalue weighted by atomic mass is 32.1. The van der Waals surface area contributed by atoms with Crippen LogP contribution in [0, 0.1) is 0 Å². The van der Waals surface area contributed by atoms with E-state index in [4.69, 9.17) is 4.74 Å². The minimum atomic E-state index is 0.351. The highest BCUT2D eigenvalue weighted by Crippen LogP contribution is 2.25.